The summed E-state index contributed by atoms with van der Waals surface area (Å²) in [7, 11) is 0. The number of halogens is 1. The monoisotopic (exact) mass is 356 g/mol. The van der Waals surface area contributed by atoms with Gasteiger partial charge in [-0.15, -0.1) is 0 Å². The summed E-state index contributed by atoms with van der Waals surface area (Å²) >= 11 is 5.98. The second-order valence-electron chi connectivity index (χ2n) is 6.99. The van der Waals surface area contributed by atoms with Crippen molar-refractivity contribution < 1.29 is 4.79 Å². The van der Waals surface area contributed by atoms with Crippen LogP contribution < -0.4 is 5.32 Å². The zero-order chi connectivity index (χ0) is 17.8. The molecular weight excluding hydrogens is 332 g/mol. The Morgan fingerprint density at radius 3 is 2.60 bits per heavy atom. The van der Waals surface area contributed by atoms with E-state index in [1.807, 2.05) is 25.1 Å². The minimum Gasteiger partial charge on any atom is -0.326 e. The normalized spacial score (nSPS) is 16.0. The van der Waals surface area contributed by atoms with Crippen LogP contribution in [0.4, 0.5) is 5.69 Å². The molecule has 0 bridgehead atoms. The molecule has 0 aliphatic carbocycles. The molecule has 25 heavy (non-hydrogen) atoms. The lowest BCUT2D eigenvalue weighted by molar-refractivity contribution is -0.121. The highest BCUT2D eigenvalue weighted by Crippen LogP contribution is 2.24. The molecule has 0 atom stereocenters. The van der Waals surface area contributed by atoms with Gasteiger partial charge in [0.25, 0.3) is 0 Å². The summed E-state index contributed by atoms with van der Waals surface area (Å²) in [6, 6.07) is 14.2. The van der Waals surface area contributed by atoms with Crippen LogP contribution in [0.15, 0.2) is 42.5 Å². The van der Waals surface area contributed by atoms with Gasteiger partial charge in [-0.05, 0) is 69.1 Å². The number of piperidine rings is 1. The fourth-order valence-electron chi connectivity index (χ4n) is 3.42. The van der Waals surface area contributed by atoms with Crippen molar-refractivity contribution in [2.45, 2.75) is 33.2 Å². The quantitative estimate of drug-likeness (QED) is 0.852. The molecule has 0 saturated carbocycles. The lowest BCUT2D eigenvalue weighted by Crippen LogP contribution is -2.37. The Morgan fingerprint density at radius 1 is 1.16 bits per heavy atom. The second kappa shape index (κ2) is 8.03. The molecule has 3 nitrogen and oxygen atoms in total. The molecule has 1 aliphatic heterocycles. The molecule has 1 N–H and O–H groups in total. The lowest BCUT2D eigenvalue weighted by atomic mass is 9.95. The number of hydrogen-bond acceptors (Lipinski definition) is 2. The summed E-state index contributed by atoms with van der Waals surface area (Å²) in [5, 5.41) is 3.76. The summed E-state index contributed by atoms with van der Waals surface area (Å²) in [6.45, 7) is 6.98. The minimum atomic E-state index is 0.0869. The first-order chi connectivity index (χ1) is 12.0. The van der Waals surface area contributed by atoms with Gasteiger partial charge in [0.1, 0.15) is 0 Å². The van der Waals surface area contributed by atoms with Gasteiger partial charge in [0, 0.05) is 23.2 Å². The summed E-state index contributed by atoms with van der Waals surface area (Å²) in [5.41, 5.74) is 4.50. The highest BCUT2D eigenvalue weighted by Gasteiger charge is 2.25. The Morgan fingerprint density at radius 2 is 1.92 bits per heavy atom. The van der Waals surface area contributed by atoms with Crippen molar-refractivity contribution in [3.8, 4) is 0 Å². The predicted octanol–water partition coefficient (Wildman–Crippen LogP) is 4.81. The maximum absolute atomic E-state index is 12.6. The summed E-state index contributed by atoms with van der Waals surface area (Å²) in [6.07, 6.45) is 1.81. The van der Waals surface area contributed by atoms with Gasteiger partial charge in [-0.1, -0.05) is 41.4 Å². The van der Waals surface area contributed by atoms with Crippen LogP contribution in [-0.4, -0.2) is 23.9 Å². The van der Waals surface area contributed by atoms with Gasteiger partial charge in [-0.3, -0.25) is 9.69 Å². The van der Waals surface area contributed by atoms with Crippen LogP contribution >= 0.6 is 11.6 Å². The second-order valence-corrected chi connectivity index (χ2v) is 7.42. The predicted molar refractivity (Wildman–Crippen MR) is 104 cm³/mol. The molecule has 3 rings (SSSR count). The molecule has 1 fully saturated rings. The molecule has 1 amide bonds. The smallest absolute Gasteiger partial charge is 0.227 e. The zero-order valence-corrected chi connectivity index (χ0v) is 15.6. The van der Waals surface area contributed by atoms with E-state index in [9.17, 15) is 4.79 Å². The third kappa shape index (κ3) is 4.83. The van der Waals surface area contributed by atoms with E-state index in [4.69, 9.17) is 11.6 Å². The number of nitrogens with zero attached hydrogens (tertiary/aromatic N) is 1. The van der Waals surface area contributed by atoms with Gasteiger partial charge in [0.2, 0.25) is 5.91 Å². The molecular formula is C21H25ClN2O. The first-order valence-electron chi connectivity index (χ1n) is 8.86. The van der Waals surface area contributed by atoms with E-state index >= 15 is 0 Å². The first-order valence-corrected chi connectivity index (χ1v) is 9.24. The van der Waals surface area contributed by atoms with E-state index in [-0.39, 0.29) is 11.8 Å². The van der Waals surface area contributed by atoms with Crippen molar-refractivity contribution in [2.75, 3.05) is 18.4 Å². The van der Waals surface area contributed by atoms with Gasteiger partial charge < -0.3 is 5.32 Å². The lowest BCUT2D eigenvalue weighted by Gasteiger charge is -2.31. The molecule has 1 saturated heterocycles. The van der Waals surface area contributed by atoms with Gasteiger partial charge in [-0.2, -0.15) is 0 Å². The Bertz CT molecular complexity index is 751. The van der Waals surface area contributed by atoms with Crippen molar-refractivity contribution in [3.63, 3.8) is 0 Å². The maximum Gasteiger partial charge on any atom is 0.227 e. The summed E-state index contributed by atoms with van der Waals surface area (Å²) < 4.78 is 0. The van der Waals surface area contributed by atoms with E-state index in [2.05, 4.69) is 41.4 Å². The first kappa shape index (κ1) is 18.0. The molecule has 132 valence electrons. The Labute approximate surface area is 155 Å². The van der Waals surface area contributed by atoms with Crippen LogP contribution in [0.2, 0.25) is 5.02 Å². The van der Waals surface area contributed by atoms with Crippen LogP contribution in [0.3, 0.4) is 0 Å². The number of benzene rings is 2. The molecule has 2 aromatic rings. The molecule has 2 aromatic carbocycles. The van der Waals surface area contributed by atoms with E-state index in [1.165, 1.54) is 11.1 Å². The standard InChI is InChI=1S/C21H25ClN2O/c1-15-4-3-5-17(12-15)14-24-10-8-18(9-11-24)21(25)23-20-7-6-19(22)13-16(20)2/h3-7,12-13,18H,8-11,14H2,1-2H3,(H,23,25). The topological polar surface area (TPSA) is 32.3 Å². The van der Waals surface area contributed by atoms with Crippen LogP contribution in [0.25, 0.3) is 0 Å². The fourth-order valence-corrected chi connectivity index (χ4v) is 3.65. The highest BCUT2D eigenvalue weighted by molar-refractivity contribution is 6.30. The fraction of sp³-hybridized carbons (Fsp3) is 0.381. The largest absolute Gasteiger partial charge is 0.326 e. The highest BCUT2D eigenvalue weighted by atomic mass is 35.5. The number of anilines is 1. The van der Waals surface area contributed by atoms with Crippen LogP contribution in [-0.2, 0) is 11.3 Å². The SMILES string of the molecule is Cc1cccc(CN2CCC(C(=O)Nc3ccc(Cl)cc3C)CC2)c1. The van der Waals surface area contributed by atoms with Crippen molar-refractivity contribution in [1.82, 2.24) is 4.90 Å². The number of aryl methyl sites for hydroxylation is 2. The molecule has 0 unspecified atom stereocenters. The third-order valence-electron chi connectivity index (χ3n) is 4.89. The molecule has 0 aromatic heterocycles. The van der Waals surface area contributed by atoms with Crippen molar-refractivity contribution in [1.29, 1.82) is 0 Å². The van der Waals surface area contributed by atoms with Crippen LogP contribution in [0.1, 0.15) is 29.5 Å². The van der Waals surface area contributed by atoms with E-state index in [0.29, 0.717) is 5.02 Å². The molecule has 1 aliphatic rings. The maximum atomic E-state index is 12.6. The minimum absolute atomic E-state index is 0.0869. The number of rotatable bonds is 4. The van der Waals surface area contributed by atoms with E-state index < -0.39 is 0 Å². The zero-order valence-electron chi connectivity index (χ0n) is 14.9. The van der Waals surface area contributed by atoms with E-state index in [1.54, 1.807) is 0 Å². The number of carbonyl (C=O) groups excluding carboxylic acids is 1. The number of carbonyl (C=O) groups is 1. The van der Waals surface area contributed by atoms with Gasteiger partial charge in [0.05, 0.1) is 0 Å². The van der Waals surface area contributed by atoms with Gasteiger partial charge >= 0.3 is 0 Å². The Hall–Kier alpha value is -1.84. The van der Waals surface area contributed by atoms with Gasteiger partial charge in [0.15, 0.2) is 0 Å². The Kier molecular flexibility index (Phi) is 5.77. The number of likely N-dealkylation sites (tertiary alicyclic amines) is 1. The number of hydrogen-bond donors (Lipinski definition) is 1. The van der Waals surface area contributed by atoms with Crippen LogP contribution in [0, 0.1) is 19.8 Å². The molecule has 4 heteroatoms. The Balaban J connectivity index is 1.52. The molecule has 0 radical (unpaired) electrons. The average Bonchev–Trinajstić information content (AvgIpc) is 2.58. The van der Waals surface area contributed by atoms with Crippen LogP contribution in [0.5, 0.6) is 0 Å². The third-order valence-corrected chi connectivity index (χ3v) is 5.13. The molecule has 1 heterocycles. The van der Waals surface area contributed by atoms with E-state index in [0.717, 1.165) is 43.7 Å². The number of nitrogens with one attached hydrogen (secondary N) is 1. The number of amides is 1. The van der Waals surface area contributed by atoms with Crippen molar-refractivity contribution in [2.24, 2.45) is 5.92 Å². The van der Waals surface area contributed by atoms with Gasteiger partial charge in [-0.25, -0.2) is 0 Å². The summed E-state index contributed by atoms with van der Waals surface area (Å²) in [4.78, 5) is 15.0. The van der Waals surface area contributed by atoms with Crippen molar-refractivity contribution >= 4 is 23.2 Å². The average molecular weight is 357 g/mol. The summed E-state index contributed by atoms with van der Waals surface area (Å²) in [5.74, 6) is 0.212. The molecule has 0 spiro atoms. The van der Waals surface area contributed by atoms with Crippen molar-refractivity contribution in [3.05, 3.63) is 64.2 Å².